The van der Waals surface area contributed by atoms with Crippen LogP contribution in [0.15, 0.2) is 33.8 Å². The number of hydrogen-bond donors (Lipinski definition) is 1. The number of rotatable bonds is 3. The van der Waals surface area contributed by atoms with Crippen LogP contribution in [0.3, 0.4) is 0 Å². The van der Waals surface area contributed by atoms with Gasteiger partial charge < -0.3 is 0 Å². The molecule has 1 heterocycles. The van der Waals surface area contributed by atoms with Crippen LogP contribution in [0, 0.1) is 0 Å². The molecule has 0 fully saturated rings. The fourth-order valence-corrected chi connectivity index (χ4v) is 4.06. The summed E-state index contributed by atoms with van der Waals surface area (Å²) in [6.07, 6.45) is 1.38. The van der Waals surface area contributed by atoms with Gasteiger partial charge in [-0.2, -0.15) is 0 Å². The second kappa shape index (κ2) is 6.48. The molecule has 0 bridgehead atoms. The van der Waals surface area contributed by atoms with Crippen molar-refractivity contribution in [1.29, 1.82) is 0 Å². The molecule has 0 aliphatic heterocycles. The maximum absolute atomic E-state index is 12.3. The maximum atomic E-state index is 12.3. The van der Waals surface area contributed by atoms with Crippen molar-refractivity contribution in [3.05, 3.63) is 49.1 Å². The second-order valence-corrected chi connectivity index (χ2v) is 7.94. The molecule has 0 amide bonds. The van der Waals surface area contributed by atoms with Gasteiger partial charge in [0.1, 0.15) is 10.0 Å². The van der Waals surface area contributed by atoms with Crippen LogP contribution in [0.4, 0.5) is 5.69 Å². The second-order valence-electron chi connectivity index (χ2n) is 3.79. The number of hydrogen-bond acceptors (Lipinski definition) is 3. The molecule has 2 aromatic rings. The summed E-state index contributed by atoms with van der Waals surface area (Å²) in [4.78, 5) is 3.57. The quantitative estimate of drug-likeness (QED) is 0.512. The summed E-state index contributed by atoms with van der Waals surface area (Å²) in [5, 5.41) is 0.318. The molecule has 112 valence electrons. The minimum Gasteiger partial charge on any atom is -0.278 e. The number of aromatic nitrogens is 1. The van der Waals surface area contributed by atoms with Gasteiger partial charge in [0.05, 0.1) is 20.8 Å². The molecule has 0 atom stereocenters. The molecule has 4 nitrogen and oxygen atoms in total. The van der Waals surface area contributed by atoms with Gasteiger partial charge in [0.2, 0.25) is 0 Å². The largest absolute Gasteiger partial charge is 0.278 e. The van der Waals surface area contributed by atoms with Crippen molar-refractivity contribution in [3.63, 3.8) is 0 Å². The highest BCUT2D eigenvalue weighted by atomic mass is 79.9. The van der Waals surface area contributed by atoms with Crippen LogP contribution in [0.1, 0.15) is 0 Å². The first-order valence-corrected chi connectivity index (χ1v) is 8.98. The number of nitrogens with one attached hydrogen (secondary N) is 1. The van der Waals surface area contributed by atoms with E-state index < -0.39 is 10.0 Å². The number of nitrogens with zero attached hydrogens (tertiary/aromatic N) is 1. The lowest BCUT2D eigenvalue weighted by Crippen LogP contribution is -2.14. The molecule has 0 saturated carbocycles. The number of pyridine rings is 1. The lowest BCUT2D eigenvalue weighted by molar-refractivity contribution is 0.601. The van der Waals surface area contributed by atoms with Crippen LogP contribution < -0.4 is 4.72 Å². The molecule has 1 aromatic carbocycles. The number of halogens is 5. The summed E-state index contributed by atoms with van der Waals surface area (Å²) in [6.45, 7) is 0. The van der Waals surface area contributed by atoms with Gasteiger partial charge in [0, 0.05) is 10.7 Å². The van der Waals surface area contributed by atoms with Crippen molar-refractivity contribution < 1.29 is 8.42 Å². The zero-order chi connectivity index (χ0) is 15.8. The Hall–Kier alpha value is -0.240. The van der Waals surface area contributed by atoms with Gasteiger partial charge in [0.15, 0.2) is 0 Å². The summed E-state index contributed by atoms with van der Waals surface area (Å²) >= 11 is 26.5. The lowest BCUT2D eigenvalue weighted by Gasteiger charge is -2.11. The van der Waals surface area contributed by atoms with Gasteiger partial charge in [-0.15, -0.1) is 0 Å². The summed E-state index contributed by atoms with van der Waals surface area (Å²) in [7, 11) is -3.98. The molecule has 2 rings (SSSR count). The Kier molecular flexibility index (Phi) is 5.28. The van der Waals surface area contributed by atoms with E-state index in [1.165, 1.54) is 24.4 Å². The topological polar surface area (TPSA) is 59.1 Å². The van der Waals surface area contributed by atoms with E-state index in [1.54, 1.807) is 0 Å². The summed E-state index contributed by atoms with van der Waals surface area (Å²) in [5.74, 6) is 0. The molecular weight excluding hydrogens is 446 g/mol. The molecule has 0 radical (unpaired) electrons. The number of sulfonamides is 1. The fourth-order valence-electron chi connectivity index (χ4n) is 1.39. The SMILES string of the molecule is O=S(=O)(Nc1cc(Cl)c(Cl)cc1Cl)c1cc(Br)cnc1Cl. The van der Waals surface area contributed by atoms with E-state index in [2.05, 4.69) is 25.6 Å². The maximum Gasteiger partial charge on any atom is 0.265 e. The Morgan fingerprint density at radius 1 is 1.00 bits per heavy atom. The van der Waals surface area contributed by atoms with E-state index in [-0.39, 0.29) is 30.8 Å². The third-order valence-corrected chi connectivity index (χ3v) is 5.58. The minimum atomic E-state index is -3.98. The molecule has 0 saturated heterocycles. The Balaban J connectivity index is 2.47. The highest BCUT2D eigenvalue weighted by Gasteiger charge is 2.21. The molecule has 0 aliphatic carbocycles. The first-order valence-electron chi connectivity index (χ1n) is 5.19. The van der Waals surface area contributed by atoms with Crippen molar-refractivity contribution in [2.75, 3.05) is 4.72 Å². The van der Waals surface area contributed by atoms with Crippen molar-refractivity contribution in [1.82, 2.24) is 4.98 Å². The molecule has 1 N–H and O–H groups in total. The van der Waals surface area contributed by atoms with Gasteiger partial charge in [-0.25, -0.2) is 13.4 Å². The minimum absolute atomic E-state index is 0.0853. The molecular formula is C11H5BrCl4N2O2S. The fraction of sp³-hybridized carbons (Fsp3) is 0. The molecule has 1 aromatic heterocycles. The van der Waals surface area contributed by atoms with Crippen LogP contribution in [0.2, 0.25) is 20.2 Å². The van der Waals surface area contributed by atoms with Crippen LogP contribution in [0.5, 0.6) is 0 Å². The smallest absolute Gasteiger partial charge is 0.265 e. The average molecular weight is 451 g/mol. The Morgan fingerprint density at radius 3 is 2.29 bits per heavy atom. The molecule has 0 unspecified atom stereocenters. The molecule has 21 heavy (non-hydrogen) atoms. The van der Waals surface area contributed by atoms with Crippen LogP contribution in [-0.2, 0) is 10.0 Å². The predicted octanol–water partition coefficient (Wildman–Crippen LogP) is 5.26. The monoisotopic (exact) mass is 448 g/mol. The van der Waals surface area contributed by atoms with Gasteiger partial charge in [-0.3, -0.25) is 4.72 Å². The first kappa shape index (κ1) is 17.1. The van der Waals surface area contributed by atoms with Gasteiger partial charge >= 0.3 is 0 Å². The van der Waals surface area contributed by atoms with Crippen LogP contribution in [-0.4, -0.2) is 13.4 Å². The first-order chi connectivity index (χ1) is 9.70. The Labute approximate surface area is 149 Å². The van der Waals surface area contributed by atoms with Crippen molar-refractivity contribution >= 4 is 78.0 Å². The lowest BCUT2D eigenvalue weighted by atomic mass is 10.3. The van der Waals surface area contributed by atoms with E-state index >= 15 is 0 Å². The van der Waals surface area contributed by atoms with Gasteiger partial charge in [0.25, 0.3) is 10.0 Å². The van der Waals surface area contributed by atoms with E-state index in [0.717, 1.165) is 0 Å². The summed E-state index contributed by atoms with van der Waals surface area (Å²) in [6, 6.07) is 3.97. The van der Waals surface area contributed by atoms with E-state index in [1.807, 2.05) is 0 Å². The normalized spacial score (nSPS) is 11.5. The Bertz CT molecular complexity index is 814. The van der Waals surface area contributed by atoms with Gasteiger partial charge in [-0.1, -0.05) is 46.4 Å². The molecule has 10 heteroatoms. The standard InChI is InChI=1S/C11H5BrCl4N2O2S/c12-5-1-10(11(16)17-4-5)21(19,20)18-9-3-7(14)6(13)2-8(9)15/h1-4,18H. The van der Waals surface area contributed by atoms with Crippen LogP contribution in [0.25, 0.3) is 0 Å². The van der Waals surface area contributed by atoms with E-state index in [9.17, 15) is 8.42 Å². The third-order valence-electron chi connectivity index (χ3n) is 2.32. The third kappa shape index (κ3) is 3.94. The summed E-state index contributed by atoms with van der Waals surface area (Å²) < 4.78 is 27.4. The van der Waals surface area contributed by atoms with Crippen molar-refractivity contribution in [2.45, 2.75) is 4.90 Å². The zero-order valence-electron chi connectivity index (χ0n) is 9.87. The number of benzene rings is 1. The number of anilines is 1. The summed E-state index contributed by atoms with van der Waals surface area (Å²) in [5.41, 5.74) is 0.0853. The predicted molar refractivity (Wildman–Crippen MR) is 89.2 cm³/mol. The van der Waals surface area contributed by atoms with E-state index in [0.29, 0.717) is 4.47 Å². The highest BCUT2D eigenvalue weighted by Crippen LogP contribution is 2.34. The van der Waals surface area contributed by atoms with Crippen molar-refractivity contribution in [3.8, 4) is 0 Å². The van der Waals surface area contributed by atoms with Crippen molar-refractivity contribution in [2.24, 2.45) is 0 Å². The van der Waals surface area contributed by atoms with Crippen LogP contribution >= 0.6 is 62.3 Å². The molecule has 0 spiro atoms. The van der Waals surface area contributed by atoms with E-state index in [4.69, 9.17) is 46.4 Å². The zero-order valence-corrected chi connectivity index (χ0v) is 15.3. The molecule has 0 aliphatic rings. The highest BCUT2D eigenvalue weighted by molar-refractivity contribution is 9.10. The average Bonchev–Trinajstić information content (AvgIpc) is 2.38. The Morgan fingerprint density at radius 2 is 1.62 bits per heavy atom. The van der Waals surface area contributed by atoms with Gasteiger partial charge in [-0.05, 0) is 34.1 Å².